The van der Waals surface area contributed by atoms with Crippen LogP contribution in [0.25, 0.3) is 16.9 Å². The fourth-order valence-corrected chi connectivity index (χ4v) is 1.90. The number of aromatic nitrogens is 3. The summed E-state index contributed by atoms with van der Waals surface area (Å²) < 4.78 is 14.7. The monoisotopic (exact) mass is 291 g/mol. The van der Waals surface area contributed by atoms with Crippen LogP contribution < -0.4 is 0 Å². The Morgan fingerprint density at radius 1 is 1.15 bits per heavy atom. The van der Waals surface area contributed by atoms with E-state index in [0.29, 0.717) is 11.0 Å². The van der Waals surface area contributed by atoms with E-state index in [1.54, 1.807) is 30.7 Å². The third-order valence-corrected chi connectivity index (χ3v) is 2.81. The first-order valence-electron chi connectivity index (χ1n) is 6.40. The predicted molar refractivity (Wildman–Crippen MR) is 79.4 cm³/mol. The number of fused-ring (bicyclic) bond motifs is 1. The summed E-state index contributed by atoms with van der Waals surface area (Å²) in [7, 11) is 0. The van der Waals surface area contributed by atoms with E-state index in [1.165, 1.54) is 18.6 Å². The molecule has 2 heterocycles. The minimum atomic E-state index is -0.269. The van der Waals surface area contributed by atoms with Gasteiger partial charge in [0.1, 0.15) is 17.2 Å². The molecule has 0 aliphatic heterocycles. The minimum absolute atomic E-state index is 0.269. The molecular weight excluding hydrogens is 277 g/mol. The van der Waals surface area contributed by atoms with Crippen molar-refractivity contribution < 1.29 is 4.39 Å². The van der Waals surface area contributed by atoms with Crippen LogP contribution in [0.4, 0.5) is 4.39 Å². The second-order valence-corrected chi connectivity index (χ2v) is 4.63. The summed E-state index contributed by atoms with van der Waals surface area (Å²) in [6.07, 6.45) is 6.27. The largest absolute Gasteiger partial charge is 0.295 e. The van der Waals surface area contributed by atoms with Gasteiger partial charge in [0.15, 0.2) is 5.15 Å². The first-order chi connectivity index (χ1) is 9.67. The van der Waals surface area contributed by atoms with Crippen LogP contribution >= 0.6 is 11.6 Å². The molecule has 5 heteroatoms. The van der Waals surface area contributed by atoms with Gasteiger partial charge in [0, 0.05) is 18.0 Å². The lowest BCUT2D eigenvalue weighted by Crippen LogP contribution is -1.90. The molecule has 1 aromatic carbocycles. The van der Waals surface area contributed by atoms with Gasteiger partial charge in [-0.15, -0.1) is 0 Å². The first-order valence-corrected chi connectivity index (χ1v) is 6.78. The van der Waals surface area contributed by atoms with Crippen LogP contribution in [0.15, 0.2) is 42.9 Å². The van der Waals surface area contributed by atoms with Gasteiger partial charge in [-0.05, 0) is 24.3 Å². The Balaban J connectivity index is 0.000000452. The Bertz CT molecular complexity index is 692. The van der Waals surface area contributed by atoms with Crippen molar-refractivity contribution in [1.82, 2.24) is 14.4 Å². The van der Waals surface area contributed by atoms with E-state index in [2.05, 4.69) is 23.8 Å². The highest BCUT2D eigenvalue weighted by atomic mass is 35.5. The zero-order chi connectivity index (χ0) is 14.5. The van der Waals surface area contributed by atoms with Crippen molar-refractivity contribution >= 4 is 17.1 Å². The molecule has 0 spiro atoms. The quantitative estimate of drug-likeness (QED) is 0.655. The molecule has 0 unspecified atom stereocenters. The predicted octanol–water partition coefficient (Wildman–Crippen LogP) is 4.61. The van der Waals surface area contributed by atoms with Crippen LogP contribution in [-0.4, -0.2) is 14.4 Å². The van der Waals surface area contributed by atoms with Crippen LogP contribution in [0.1, 0.15) is 20.3 Å². The Hall–Kier alpha value is -1.94. The van der Waals surface area contributed by atoms with E-state index in [0.717, 1.165) is 11.1 Å². The summed E-state index contributed by atoms with van der Waals surface area (Å²) in [6, 6.07) is 6.16. The van der Waals surface area contributed by atoms with Crippen molar-refractivity contribution in [1.29, 1.82) is 0 Å². The fraction of sp³-hybridized carbons (Fsp3) is 0.200. The van der Waals surface area contributed by atoms with Gasteiger partial charge >= 0.3 is 0 Å². The SMILES string of the molecule is CCC.Fc1ccc(-c2ncc3c(Cl)nccn23)cc1. The molecule has 104 valence electrons. The van der Waals surface area contributed by atoms with E-state index in [9.17, 15) is 4.39 Å². The number of nitrogens with zero attached hydrogens (tertiary/aromatic N) is 3. The van der Waals surface area contributed by atoms with Gasteiger partial charge in [-0.1, -0.05) is 31.9 Å². The maximum absolute atomic E-state index is 12.8. The normalized spacial score (nSPS) is 10.2. The maximum atomic E-state index is 12.8. The molecule has 0 amide bonds. The smallest absolute Gasteiger partial charge is 0.154 e. The summed E-state index contributed by atoms with van der Waals surface area (Å²) in [6.45, 7) is 4.25. The van der Waals surface area contributed by atoms with Crippen molar-refractivity contribution in [3.63, 3.8) is 0 Å². The first kappa shape index (κ1) is 14.5. The van der Waals surface area contributed by atoms with Crippen molar-refractivity contribution in [2.75, 3.05) is 0 Å². The summed E-state index contributed by atoms with van der Waals surface area (Å²) >= 11 is 5.95. The standard InChI is InChI=1S/C12H7ClFN3.C3H8/c13-11-10-7-16-12(17(10)6-5-15-11)8-1-3-9(14)4-2-8;1-3-2/h1-7H;3H2,1-2H3. The summed E-state index contributed by atoms with van der Waals surface area (Å²) in [5.74, 6) is 0.443. The Morgan fingerprint density at radius 2 is 1.80 bits per heavy atom. The second-order valence-electron chi connectivity index (χ2n) is 4.27. The van der Waals surface area contributed by atoms with E-state index in [-0.39, 0.29) is 5.82 Å². The van der Waals surface area contributed by atoms with Gasteiger partial charge in [-0.2, -0.15) is 0 Å². The van der Waals surface area contributed by atoms with Crippen molar-refractivity contribution in [3.05, 3.63) is 53.8 Å². The van der Waals surface area contributed by atoms with Gasteiger partial charge in [0.05, 0.1) is 6.20 Å². The molecule has 0 radical (unpaired) electrons. The van der Waals surface area contributed by atoms with Crippen molar-refractivity contribution in [2.24, 2.45) is 0 Å². The maximum Gasteiger partial charge on any atom is 0.154 e. The topological polar surface area (TPSA) is 30.2 Å². The third kappa shape index (κ3) is 2.96. The van der Waals surface area contributed by atoms with Gasteiger partial charge < -0.3 is 0 Å². The zero-order valence-electron chi connectivity index (χ0n) is 11.3. The molecule has 0 atom stereocenters. The van der Waals surface area contributed by atoms with Crippen molar-refractivity contribution in [3.8, 4) is 11.4 Å². The van der Waals surface area contributed by atoms with Crippen LogP contribution in [0, 0.1) is 5.82 Å². The molecule has 3 aromatic rings. The number of hydrogen-bond donors (Lipinski definition) is 0. The van der Waals surface area contributed by atoms with Gasteiger partial charge in [-0.3, -0.25) is 4.40 Å². The second kappa shape index (κ2) is 6.48. The van der Waals surface area contributed by atoms with Crippen LogP contribution in [0.2, 0.25) is 5.15 Å². The molecule has 3 nitrogen and oxygen atoms in total. The van der Waals surface area contributed by atoms with Crippen LogP contribution in [0.3, 0.4) is 0 Å². The molecule has 0 fully saturated rings. The minimum Gasteiger partial charge on any atom is -0.295 e. The van der Waals surface area contributed by atoms with E-state index >= 15 is 0 Å². The lowest BCUT2D eigenvalue weighted by Gasteiger charge is -2.01. The number of rotatable bonds is 1. The van der Waals surface area contributed by atoms with Gasteiger partial charge in [0.25, 0.3) is 0 Å². The van der Waals surface area contributed by atoms with E-state index in [1.807, 2.05) is 4.40 Å². The van der Waals surface area contributed by atoms with E-state index < -0.39 is 0 Å². The highest BCUT2D eigenvalue weighted by molar-refractivity contribution is 6.32. The average Bonchev–Trinajstić information content (AvgIpc) is 2.86. The number of imidazole rings is 1. The third-order valence-electron chi connectivity index (χ3n) is 2.51. The summed E-state index contributed by atoms with van der Waals surface area (Å²) in [5.41, 5.74) is 1.56. The van der Waals surface area contributed by atoms with Crippen molar-refractivity contribution in [2.45, 2.75) is 20.3 Å². The average molecular weight is 292 g/mol. The molecule has 0 saturated heterocycles. The number of halogens is 2. The molecule has 3 rings (SSSR count). The molecule has 20 heavy (non-hydrogen) atoms. The van der Waals surface area contributed by atoms with Gasteiger partial charge in [-0.25, -0.2) is 14.4 Å². The number of hydrogen-bond acceptors (Lipinski definition) is 2. The van der Waals surface area contributed by atoms with Crippen LogP contribution in [0.5, 0.6) is 0 Å². The Morgan fingerprint density at radius 3 is 2.45 bits per heavy atom. The summed E-state index contributed by atoms with van der Waals surface area (Å²) in [5, 5.41) is 0.397. The molecule has 0 N–H and O–H groups in total. The molecular formula is C15H15ClFN3. The summed E-state index contributed by atoms with van der Waals surface area (Å²) in [4.78, 5) is 8.25. The fourth-order valence-electron chi connectivity index (χ4n) is 1.71. The lowest BCUT2D eigenvalue weighted by molar-refractivity contribution is 0.628. The highest BCUT2D eigenvalue weighted by Crippen LogP contribution is 2.22. The van der Waals surface area contributed by atoms with E-state index in [4.69, 9.17) is 11.6 Å². The van der Waals surface area contributed by atoms with Crippen LogP contribution in [-0.2, 0) is 0 Å². The molecule has 0 bridgehead atoms. The molecule has 0 aliphatic rings. The van der Waals surface area contributed by atoms with Gasteiger partial charge in [0.2, 0.25) is 0 Å². The number of benzene rings is 1. The lowest BCUT2D eigenvalue weighted by atomic mass is 10.2. The Labute approximate surface area is 122 Å². The Kier molecular flexibility index (Phi) is 4.69. The zero-order valence-corrected chi connectivity index (χ0v) is 12.1. The molecule has 0 saturated carbocycles. The molecule has 0 aliphatic carbocycles. The highest BCUT2D eigenvalue weighted by Gasteiger charge is 2.08. The molecule has 2 aromatic heterocycles.